The van der Waals surface area contributed by atoms with E-state index < -0.39 is 0 Å². The summed E-state index contributed by atoms with van der Waals surface area (Å²) in [6.45, 7) is 6.21. The Balaban J connectivity index is 1.89. The molecule has 0 amide bonds. The molecule has 1 N–H and O–H groups in total. The lowest BCUT2D eigenvalue weighted by molar-refractivity contribution is 0.0792. The van der Waals surface area contributed by atoms with Gasteiger partial charge < -0.3 is 15.0 Å². The van der Waals surface area contributed by atoms with Crippen molar-refractivity contribution in [2.75, 3.05) is 31.2 Å². The summed E-state index contributed by atoms with van der Waals surface area (Å²) in [6.07, 6.45) is 4.94. The van der Waals surface area contributed by atoms with Gasteiger partial charge in [-0.3, -0.25) is 0 Å². The maximum absolute atomic E-state index is 5.71. The van der Waals surface area contributed by atoms with Gasteiger partial charge in [-0.15, -0.1) is 0 Å². The summed E-state index contributed by atoms with van der Waals surface area (Å²) in [5.41, 5.74) is 2.89. The second kappa shape index (κ2) is 6.59. The molecule has 0 saturated carbocycles. The molecule has 1 fully saturated rings. The summed E-state index contributed by atoms with van der Waals surface area (Å²) in [4.78, 5) is 2.60. The van der Waals surface area contributed by atoms with Gasteiger partial charge in [0.25, 0.3) is 0 Å². The topological polar surface area (TPSA) is 24.5 Å². The summed E-state index contributed by atoms with van der Waals surface area (Å²) < 4.78 is 5.71. The van der Waals surface area contributed by atoms with Crippen LogP contribution in [-0.4, -0.2) is 32.3 Å². The van der Waals surface area contributed by atoms with Crippen LogP contribution in [0.5, 0.6) is 0 Å². The third-order valence-corrected chi connectivity index (χ3v) is 4.54. The van der Waals surface area contributed by atoms with Crippen LogP contribution in [0.1, 0.15) is 44.2 Å². The van der Waals surface area contributed by atoms with Crippen molar-refractivity contribution in [3.05, 3.63) is 29.8 Å². The van der Waals surface area contributed by atoms with Crippen molar-refractivity contribution >= 4 is 5.69 Å². The lowest BCUT2D eigenvalue weighted by atomic mass is 10.0. The monoisotopic (exact) mass is 274 g/mol. The lowest BCUT2D eigenvalue weighted by Gasteiger charge is -2.36. The molecule has 2 aliphatic heterocycles. The Morgan fingerprint density at radius 3 is 2.95 bits per heavy atom. The smallest absolute Gasteiger partial charge is 0.0669 e. The number of fused-ring (bicyclic) bond motifs is 1. The van der Waals surface area contributed by atoms with Crippen LogP contribution >= 0.6 is 0 Å². The van der Waals surface area contributed by atoms with Gasteiger partial charge in [0, 0.05) is 24.9 Å². The lowest BCUT2D eigenvalue weighted by Crippen LogP contribution is -2.41. The molecular weight excluding hydrogens is 248 g/mol. The van der Waals surface area contributed by atoms with E-state index in [4.69, 9.17) is 4.74 Å². The fourth-order valence-electron chi connectivity index (χ4n) is 3.59. The molecule has 3 nitrogen and oxygen atoms in total. The molecule has 1 aromatic carbocycles. The minimum Gasteiger partial charge on any atom is -0.379 e. The number of nitrogens with zero attached hydrogens (tertiary/aromatic N) is 1. The summed E-state index contributed by atoms with van der Waals surface area (Å²) in [5, 5.41) is 3.65. The second-order valence-electron chi connectivity index (χ2n) is 5.88. The van der Waals surface area contributed by atoms with Crippen molar-refractivity contribution in [3.63, 3.8) is 0 Å². The highest BCUT2D eigenvalue weighted by Gasteiger charge is 2.27. The van der Waals surface area contributed by atoms with Crippen LogP contribution in [0.4, 0.5) is 5.69 Å². The SMILES string of the molecule is CCNC1CCCN(C2CCCOC2)c2ccccc21. The number of benzene rings is 1. The minimum atomic E-state index is 0.505. The van der Waals surface area contributed by atoms with Crippen LogP contribution in [0.3, 0.4) is 0 Å². The second-order valence-corrected chi connectivity index (χ2v) is 5.88. The van der Waals surface area contributed by atoms with Crippen LogP contribution in [0.15, 0.2) is 24.3 Å². The molecule has 0 aromatic heterocycles. The highest BCUT2D eigenvalue weighted by molar-refractivity contribution is 5.56. The van der Waals surface area contributed by atoms with Crippen molar-refractivity contribution in [2.24, 2.45) is 0 Å². The first-order valence-corrected chi connectivity index (χ1v) is 8.07. The van der Waals surface area contributed by atoms with Gasteiger partial charge in [0.2, 0.25) is 0 Å². The molecule has 110 valence electrons. The number of para-hydroxylation sites is 1. The van der Waals surface area contributed by atoms with Gasteiger partial charge in [-0.2, -0.15) is 0 Å². The maximum Gasteiger partial charge on any atom is 0.0669 e. The molecule has 1 saturated heterocycles. The molecule has 0 radical (unpaired) electrons. The molecule has 1 aromatic rings. The van der Waals surface area contributed by atoms with Gasteiger partial charge in [0.1, 0.15) is 0 Å². The Labute approximate surface area is 122 Å². The Morgan fingerprint density at radius 1 is 1.25 bits per heavy atom. The minimum absolute atomic E-state index is 0.505. The van der Waals surface area contributed by atoms with Gasteiger partial charge in [0.15, 0.2) is 0 Å². The Morgan fingerprint density at radius 2 is 2.15 bits per heavy atom. The molecule has 2 atom stereocenters. The van der Waals surface area contributed by atoms with Crippen molar-refractivity contribution in [2.45, 2.75) is 44.7 Å². The van der Waals surface area contributed by atoms with Crippen molar-refractivity contribution in [1.29, 1.82) is 0 Å². The van der Waals surface area contributed by atoms with E-state index >= 15 is 0 Å². The van der Waals surface area contributed by atoms with E-state index in [1.54, 1.807) is 0 Å². The predicted molar refractivity (Wildman–Crippen MR) is 83.3 cm³/mol. The standard InChI is InChI=1S/C17H26N2O/c1-2-18-16-9-5-11-19(14-7-6-12-20-13-14)17-10-4-3-8-15(16)17/h3-4,8,10,14,16,18H,2,5-7,9,11-13H2,1H3. The van der Waals surface area contributed by atoms with Crippen molar-refractivity contribution in [3.8, 4) is 0 Å². The third-order valence-electron chi connectivity index (χ3n) is 4.54. The Hall–Kier alpha value is -1.06. The number of anilines is 1. The van der Waals surface area contributed by atoms with Gasteiger partial charge in [0.05, 0.1) is 12.6 Å². The number of nitrogens with one attached hydrogen (secondary N) is 1. The molecular formula is C17H26N2O. The van der Waals surface area contributed by atoms with Gasteiger partial charge in [-0.1, -0.05) is 25.1 Å². The first kappa shape index (κ1) is 13.9. The summed E-state index contributed by atoms with van der Waals surface area (Å²) in [5.74, 6) is 0. The van der Waals surface area contributed by atoms with E-state index in [0.717, 1.165) is 26.3 Å². The molecule has 0 aliphatic carbocycles. The van der Waals surface area contributed by atoms with E-state index in [1.807, 2.05) is 0 Å². The van der Waals surface area contributed by atoms with Gasteiger partial charge in [-0.25, -0.2) is 0 Å². The molecule has 2 aliphatic rings. The van der Waals surface area contributed by atoms with E-state index in [-0.39, 0.29) is 0 Å². The van der Waals surface area contributed by atoms with E-state index in [2.05, 4.69) is 41.4 Å². The fraction of sp³-hybridized carbons (Fsp3) is 0.647. The highest BCUT2D eigenvalue weighted by atomic mass is 16.5. The highest BCUT2D eigenvalue weighted by Crippen LogP contribution is 2.35. The molecule has 3 heteroatoms. The summed E-state index contributed by atoms with van der Waals surface area (Å²) in [6, 6.07) is 9.99. The van der Waals surface area contributed by atoms with Crippen molar-refractivity contribution in [1.82, 2.24) is 5.32 Å². The predicted octanol–water partition coefficient (Wildman–Crippen LogP) is 3.12. The summed E-state index contributed by atoms with van der Waals surface area (Å²) >= 11 is 0. The molecule has 3 rings (SSSR count). The number of hydrogen-bond donors (Lipinski definition) is 1. The molecule has 2 heterocycles. The quantitative estimate of drug-likeness (QED) is 0.916. The maximum atomic E-state index is 5.71. The van der Waals surface area contributed by atoms with Gasteiger partial charge in [-0.05, 0) is 43.9 Å². The number of hydrogen-bond acceptors (Lipinski definition) is 3. The first-order chi connectivity index (χ1) is 9.90. The first-order valence-electron chi connectivity index (χ1n) is 8.07. The Bertz CT molecular complexity index is 429. The zero-order chi connectivity index (χ0) is 13.8. The third kappa shape index (κ3) is 2.84. The molecule has 0 bridgehead atoms. The van der Waals surface area contributed by atoms with Crippen LogP contribution in [0.25, 0.3) is 0 Å². The average molecular weight is 274 g/mol. The van der Waals surface area contributed by atoms with Crippen LogP contribution in [-0.2, 0) is 4.74 Å². The van der Waals surface area contributed by atoms with E-state index in [1.165, 1.54) is 36.9 Å². The largest absolute Gasteiger partial charge is 0.379 e. The Kier molecular flexibility index (Phi) is 4.58. The van der Waals surface area contributed by atoms with Crippen molar-refractivity contribution < 1.29 is 4.74 Å². The van der Waals surface area contributed by atoms with Crippen LogP contribution in [0.2, 0.25) is 0 Å². The van der Waals surface area contributed by atoms with E-state index in [9.17, 15) is 0 Å². The summed E-state index contributed by atoms with van der Waals surface area (Å²) in [7, 11) is 0. The van der Waals surface area contributed by atoms with E-state index in [0.29, 0.717) is 12.1 Å². The zero-order valence-electron chi connectivity index (χ0n) is 12.5. The number of rotatable bonds is 3. The number of ether oxygens (including phenoxy) is 1. The molecule has 0 spiro atoms. The van der Waals surface area contributed by atoms with Crippen LogP contribution in [0, 0.1) is 0 Å². The zero-order valence-corrected chi connectivity index (χ0v) is 12.5. The molecule has 2 unspecified atom stereocenters. The average Bonchev–Trinajstić information content (AvgIpc) is 2.69. The normalized spacial score (nSPS) is 26.9. The van der Waals surface area contributed by atoms with Crippen LogP contribution < -0.4 is 10.2 Å². The molecule has 20 heavy (non-hydrogen) atoms. The van der Waals surface area contributed by atoms with Gasteiger partial charge >= 0.3 is 0 Å². The fourth-order valence-corrected chi connectivity index (χ4v) is 3.59.